The maximum Gasteiger partial charge on any atom is 0.338 e. The van der Waals surface area contributed by atoms with E-state index in [1.807, 2.05) is 0 Å². The summed E-state index contributed by atoms with van der Waals surface area (Å²) in [7, 11) is -1.93. The highest BCUT2D eigenvalue weighted by Crippen LogP contribution is 2.25. The first-order chi connectivity index (χ1) is 14.2. The number of rotatable bonds is 6. The van der Waals surface area contributed by atoms with Crippen LogP contribution >= 0.6 is 0 Å². The number of piperidine rings is 1. The molecule has 30 heavy (non-hydrogen) atoms. The maximum atomic E-state index is 12.8. The number of ether oxygens (including phenoxy) is 1. The largest absolute Gasteiger partial charge is 0.462 e. The second-order valence-corrected chi connectivity index (χ2v) is 9.09. The van der Waals surface area contributed by atoms with E-state index in [4.69, 9.17) is 4.74 Å². The van der Waals surface area contributed by atoms with Gasteiger partial charge in [-0.25, -0.2) is 18.2 Å². The Morgan fingerprint density at radius 1 is 1.27 bits per heavy atom. The third-order valence-electron chi connectivity index (χ3n) is 5.16. The minimum Gasteiger partial charge on any atom is -0.462 e. The highest BCUT2D eigenvalue weighted by molar-refractivity contribution is 7.89. The van der Waals surface area contributed by atoms with Crippen LogP contribution in [0, 0.1) is 12.8 Å². The van der Waals surface area contributed by atoms with Gasteiger partial charge < -0.3 is 14.6 Å². The summed E-state index contributed by atoms with van der Waals surface area (Å²) in [5.41, 5.74) is 0.866. The third-order valence-corrected chi connectivity index (χ3v) is 6.93. The van der Waals surface area contributed by atoms with Crippen LogP contribution in [-0.4, -0.2) is 53.8 Å². The van der Waals surface area contributed by atoms with E-state index >= 15 is 0 Å². The van der Waals surface area contributed by atoms with Crippen LogP contribution < -0.4 is 5.32 Å². The number of sulfonamides is 1. The molecule has 1 saturated heterocycles. The molecule has 0 bridgehead atoms. The van der Waals surface area contributed by atoms with Crippen LogP contribution in [0.4, 0.5) is 5.69 Å². The van der Waals surface area contributed by atoms with Crippen LogP contribution in [0.15, 0.2) is 35.5 Å². The molecule has 0 atom stereocenters. The summed E-state index contributed by atoms with van der Waals surface area (Å²) in [4.78, 5) is 28.6. The van der Waals surface area contributed by atoms with Crippen molar-refractivity contribution in [2.24, 2.45) is 13.0 Å². The van der Waals surface area contributed by atoms with Gasteiger partial charge in [0.25, 0.3) is 10.0 Å². The van der Waals surface area contributed by atoms with E-state index in [1.165, 1.54) is 10.5 Å². The topological polar surface area (TPSA) is 111 Å². The Bertz CT molecular complexity index is 1020. The summed E-state index contributed by atoms with van der Waals surface area (Å²) in [6.07, 6.45) is 2.32. The van der Waals surface area contributed by atoms with Gasteiger partial charge in [-0.3, -0.25) is 4.79 Å². The minimum absolute atomic E-state index is 0.0289. The van der Waals surface area contributed by atoms with Crippen LogP contribution in [0.3, 0.4) is 0 Å². The van der Waals surface area contributed by atoms with Crippen molar-refractivity contribution in [2.75, 3.05) is 25.0 Å². The van der Waals surface area contributed by atoms with E-state index in [2.05, 4.69) is 10.3 Å². The lowest BCUT2D eigenvalue weighted by atomic mass is 9.97. The lowest BCUT2D eigenvalue weighted by molar-refractivity contribution is -0.120. The van der Waals surface area contributed by atoms with Crippen LogP contribution in [0.1, 0.15) is 35.9 Å². The average Bonchev–Trinajstić information content (AvgIpc) is 3.08. The van der Waals surface area contributed by atoms with Crippen LogP contribution in [0.5, 0.6) is 0 Å². The normalized spacial score (nSPS) is 15.7. The second kappa shape index (κ2) is 8.97. The summed E-state index contributed by atoms with van der Waals surface area (Å²) in [5.74, 6) is -0.334. The van der Waals surface area contributed by atoms with E-state index in [-0.39, 0.29) is 36.5 Å². The van der Waals surface area contributed by atoms with Gasteiger partial charge in [-0.1, -0.05) is 6.07 Å². The predicted octanol–water partition coefficient (Wildman–Crippen LogP) is 1.94. The Hall–Kier alpha value is -2.72. The Kier molecular flexibility index (Phi) is 6.57. The van der Waals surface area contributed by atoms with E-state index < -0.39 is 16.0 Å². The fourth-order valence-electron chi connectivity index (χ4n) is 3.32. The molecule has 9 nitrogen and oxygen atoms in total. The molecule has 1 aliphatic rings. The van der Waals surface area contributed by atoms with Crippen LogP contribution in [-0.2, 0) is 26.6 Å². The number of anilines is 1. The molecule has 0 aliphatic carbocycles. The number of aromatic nitrogens is 2. The van der Waals surface area contributed by atoms with Gasteiger partial charge >= 0.3 is 5.97 Å². The number of imidazole rings is 1. The summed E-state index contributed by atoms with van der Waals surface area (Å²) in [5, 5.41) is 2.84. The zero-order valence-corrected chi connectivity index (χ0v) is 18.1. The van der Waals surface area contributed by atoms with Crippen molar-refractivity contribution in [3.8, 4) is 0 Å². The maximum absolute atomic E-state index is 12.8. The number of carbonyl (C=O) groups excluding carboxylic acids is 2. The number of amides is 1. The highest BCUT2D eigenvalue weighted by Gasteiger charge is 2.33. The molecule has 1 aromatic carbocycles. The van der Waals surface area contributed by atoms with E-state index in [1.54, 1.807) is 49.7 Å². The molecular weight excluding hydrogens is 408 g/mol. The zero-order chi connectivity index (χ0) is 21.9. The van der Waals surface area contributed by atoms with E-state index in [0.717, 1.165) is 0 Å². The predicted molar refractivity (Wildman–Crippen MR) is 110 cm³/mol. The highest BCUT2D eigenvalue weighted by atomic mass is 32.2. The lowest BCUT2D eigenvalue weighted by Gasteiger charge is -2.29. The Morgan fingerprint density at radius 2 is 1.97 bits per heavy atom. The first-order valence-electron chi connectivity index (χ1n) is 9.80. The van der Waals surface area contributed by atoms with Gasteiger partial charge in [0.05, 0.1) is 12.2 Å². The number of hydrogen-bond donors (Lipinski definition) is 1. The molecule has 0 spiro atoms. The second-order valence-electron chi connectivity index (χ2n) is 7.21. The fourth-order valence-corrected chi connectivity index (χ4v) is 4.82. The molecule has 2 aromatic rings. The minimum atomic E-state index is -3.67. The molecule has 162 valence electrons. The smallest absolute Gasteiger partial charge is 0.338 e. The molecule has 2 heterocycles. The fraction of sp³-hybridized carbons (Fsp3) is 0.450. The number of nitrogens with zero attached hydrogens (tertiary/aromatic N) is 3. The summed E-state index contributed by atoms with van der Waals surface area (Å²) < 4.78 is 33.6. The number of carbonyl (C=O) groups is 2. The van der Waals surface area contributed by atoms with Gasteiger partial charge in [0.1, 0.15) is 5.82 Å². The summed E-state index contributed by atoms with van der Waals surface area (Å²) in [6, 6.07) is 6.56. The SMILES string of the molecule is CCOC(=O)c1cccc(NC(=O)C2CCN(S(=O)(=O)c3cn(C)c(C)n3)CC2)c1. The molecule has 1 aromatic heterocycles. The molecule has 10 heteroatoms. The molecule has 1 fully saturated rings. The molecule has 0 unspecified atom stereocenters. The Balaban J connectivity index is 1.60. The first-order valence-corrected chi connectivity index (χ1v) is 11.2. The van der Waals surface area contributed by atoms with Gasteiger partial charge in [-0.05, 0) is 44.9 Å². The number of esters is 1. The summed E-state index contributed by atoms with van der Waals surface area (Å²) in [6.45, 7) is 4.24. The van der Waals surface area contributed by atoms with Gasteiger partial charge in [0.15, 0.2) is 5.03 Å². The molecule has 3 rings (SSSR count). The molecule has 1 aliphatic heterocycles. The standard InChI is InChI=1S/C20H26N4O5S/c1-4-29-20(26)16-6-5-7-17(12-16)22-19(25)15-8-10-24(11-9-15)30(27,28)18-13-23(3)14(2)21-18/h5-7,12-13,15H,4,8-11H2,1-3H3,(H,22,25). The average molecular weight is 435 g/mol. The molecule has 0 saturated carbocycles. The van der Waals surface area contributed by atoms with Gasteiger partial charge in [-0.2, -0.15) is 4.31 Å². The van der Waals surface area contributed by atoms with Crippen LogP contribution in [0.25, 0.3) is 0 Å². The molecular formula is C20H26N4O5S. The number of aryl methyl sites for hydroxylation is 2. The lowest BCUT2D eigenvalue weighted by Crippen LogP contribution is -2.41. The van der Waals surface area contributed by atoms with Gasteiger partial charge in [0.2, 0.25) is 5.91 Å². The summed E-state index contributed by atoms with van der Waals surface area (Å²) >= 11 is 0. The van der Waals surface area contributed by atoms with Crippen molar-refractivity contribution < 1.29 is 22.7 Å². The van der Waals surface area contributed by atoms with Crippen molar-refractivity contribution in [1.29, 1.82) is 0 Å². The third kappa shape index (κ3) is 4.71. The van der Waals surface area contributed by atoms with Crippen molar-refractivity contribution in [3.63, 3.8) is 0 Å². The number of nitrogens with one attached hydrogen (secondary N) is 1. The van der Waals surface area contributed by atoms with Crippen molar-refractivity contribution >= 4 is 27.6 Å². The monoisotopic (exact) mass is 434 g/mol. The van der Waals surface area contributed by atoms with Gasteiger partial charge in [-0.15, -0.1) is 0 Å². The number of hydrogen-bond acceptors (Lipinski definition) is 6. The first kappa shape index (κ1) is 22.0. The van der Waals surface area contributed by atoms with Crippen molar-refractivity contribution in [3.05, 3.63) is 41.9 Å². The van der Waals surface area contributed by atoms with Crippen LogP contribution in [0.2, 0.25) is 0 Å². The molecule has 1 amide bonds. The number of benzene rings is 1. The van der Waals surface area contributed by atoms with E-state index in [0.29, 0.717) is 29.9 Å². The molecule has 0 radical (unpaired) electrons. The Labute approximate surface area is 176 Å². The Morgan fingerprint density at radius 3 is 2.57 bits per heavy atom. The van der Waals surface area contributed by atoms with Crippen molar-refractivity contribution in [2.45, 2.75) is 31.7 Å². The van der Waals surface area contributed by atoms with Crippen molar-refractivity contribution in [1.82, 2.24) is 13.9 Å². The zero-order valence-electron chi connectivity index (χ0n) is 17.3. The van der Waals surface area contributed by atoms with Gasteiger partial charge in [0, 0.05) is 37.9 Å². The quantitative estimate of drug-likeness (QED) is 0.696. The van der Waals surface area contributed by atoms with E-state index in [9.17, 15) is 18.0 Å². The molecule has 1 N–H and O–H groups in total.